The van der Waals surface area contributed by atoms with Gasteiger partial charge in [-0.2, -0.15) is 13.2 Å². The first-order valence-electron chi connectivity index (χ1n) is 3.85. The first-order valence-corrected chi connectivity index (χ1v) is 3.85. The second-order valence-corrected chi connectivity index (χ2v) is 2.96. The van der Waals surface area contributed by atoms with Crippen LogP contribution in [0.25, 0.3) is 0 Å². The lowest BCUT2D eigenvalue weighted by Crippen LogP contribution is -2.25. The predicted molar refractivity (Wildman–Crippen MR) is 39.9 cm³/mol. The van der Waals surface area contributed by atoms with Gasteiger partial charge in [0.2, 0.25) is 0 Å². The van der Waals surface area contributed by atoms with Crippen LogP contribution in [0.4, 0.5) is 13.2 Å². The number of halogens is 3. The Morgan fingerprint density at radius 2 is 2.08 bits per heavy atom. The maximum absolute atomic E-state index is 12.1. The van der Waals surface area contributed by atoms with Crippen LogP contribution in [0.1, 0.15) is 19.3 Å². The highest BCUT2D eigenvalue weighted by Crippen LogP contribution is 2.31. The fourth-order valence-electron chi connectivity index (χ4n) is 1.19. The van der Waals surface area contributed by atoms with Gasteiger partial charge in [0.25, 0.3) is 0 Å². The third kappa shape index (κ3) is 2.39. The van der Waals surface area contributed by atoms with E-state index >= 15 is 0 Å². The Balaban J connectivity index is 2.58. The number of nitrogens with zero attached hydrogens (tertiary/aromatic N) is 1. The van der Waals surface area contributed by atoms with Crippen LogP contribution >= 0.6 is 0 Å². The van der Waals surface area contributed by atoms with Crippen LogP contribution in [-0.2, 0) is 0 Å². The van der Waals surface area contributed by atoms with Crippen molar-refractivity contribution in [1.29, 1.82) is 0 Å². The summed E-state index contributed by atoms with van der Waals surface area (Å²) in [6, 6.07) is 0. The molecule has 2 N–H and O–H groups in total. The molecule has 0 fully saturated rings. The van der Waals surface area contributed by atoms with Crippen molar-refractivity contribution in [2.24, 2.45) is 16.6 Å². The Morgan fingerprint density at radius 1 is 1.42 bits per heavy atom. The molecule has 0 saturated heterocycles. The molecule has 0 aromatic rings. The van der Waals surface area contributed by atoms with E-state index in [1.165, 1.54) is 0 Å². The average molecular weight is 180 g/mol. The average Bonchev–Trinajstić information content (AvgIpc) is 2.11. The topological polar surface area (TPSA) is 38.4 Å². The number of hydrogen-bond donors (Lipinski definition) is 1. The first-order chi connectivity index (χ1) is 5.50. The summed E-state index contributed by atoms with van der Waals surface area (Å²) in [6.45, 7) is -0.199. The monoisotopic (exact) mass is 180 g/mol. The van der Waals surface area contributed by atoms with E-state index in [1.807, 2.05) is 0 Å². The van der Waals surface area contributed by atoms with Crippen molar-refractivity contribution in [2.75, 3.05) is 6.54 Å². The van der Waals surface area contributed by atoms with E-state index in [0.717, 1.165) is 0 Å². The van der Waals surface area contributed by atoms with E-state index < -0.39 is 12.1 Å². The van der Waals surface area contributed by atoms with Gasteiger partial charge >= 0.3 is 6.18 Å². The summed E-state index contributed by atoms with van der Waals surface area (Å²) < 4.78 is 36.4. The lowest BCUT2D eigenvalue weighted by Gasteiger charge is -2.15. The second-order valence-electron chi connectivity index (χ2n) is 2.96. The summed E-state index contributed by atoms with van der Waals surface area (Å²) >= 11 is 0. The van der Waals surface area contributed by atoms with E-state index in [0.29, 0.717) is 18.7 Å². The first kappa shape index (κ1) is 9.35. The van der Waals surface area contributed by atoms with Gasteiger partial charge in [0.1, 0.15) is 0 Å². The Labute approximate surface area is 68.7 Å². The summed E-state index contributed by atoms with van der Waals surface area (Å²) in [5.74, 6) is -0.944. The number of aliphatic imine (C=N–C) groups is 1. The van der Waals surface area contributed by atoms with Crippen LogP contribution in [0.5, 0.6) is 0 Å². The van der Waals surface area contributed by atoms with E-state index in [-0.39, 0.29) is 13.0 Å². The third-order valence-electron chi connectivity index (χ3n) is 1.96. The largest absolute Gasteiger partial charge is 0.393 e. The SMILES string of the molecule is NC1=NCC(C(F)(F)F)CCC1. The number of alkyl halides is 3. The van der Waals surface area contributed by atoms with Crippen LogP contribution in [0.15, 0.2) is 4.99 Å². The zero-order valence-electron chi connectivity index (χ0n) is 6.56. The molecule has 0 aliphatic carbocycles. The van der Waals surface area contributed by atoms with Crippen molar-refractivity contribution >= 4 is 5.84 Å². The molecule has 0 aromatic carbocycles. The number of amidine groups is 1. The molecule has 0 spiro atoms. The van der Waals surface area contributed by atoms with Gasteiger partial charge < -0.3 is 5.73 Å². The lowest BCUT2D eigenvalue weighted by molar-refractivity contribution is -0.173. The van der Waals surface area contributed by atoms with Crippen molar-refractivity contribution in [2.45, 2.75) is 25.4 Å². The van der Waals surface area contributed by atoms with Gasteiger partial charge in [0.15, 0.2) is 0 Å². The van der Waals surface area contributed by atoms with Crippen LogP contribution in [0.3, 0.4) is 0 Å². The highest BCUT2D eigenvalue weighted by Gasteiger charge is 2.39. The van der Waals surface area contributed by atoms with Crippen molar-refractivity contribution in [3.8, 4) is 0 Å². The highest BCUT2D eigenvalue weighted by molar-refractivity contribution is 5.80. The van der Waals surface area contributed by atoms with Gasteiger partial charge in [-0.1, -0.05) is 0 Å². The highest BCUT2D eigenvalue weighted by atomic mass is 19.4. The minimum atomic E-state index is -4.12. The Bertz CT molecular complexity index is 186. The fraction of sp³-hybridized carbons (Fsp3) is 0.857. The Kier molecular flexibility index (Phi) is 2.59. The molecule has 0 bridgehead atoms. The predicted octanol–water partition coefficient (Wildman–Crippen LogP) is 1.71. The summed E-state index contributed by atoms with van der Waals surface area (Å²) in [6.07, 6.45) is -2.99. The third-order valence-corrected chi connectivity index (χ3v) is 1.96. The molecule has 1 aliphatic rings. The summed E-state index contributed by atoms with van der Waals surface area (Å²) in [5.41, 5.74) is 5.32. The van der Waals surface area contributed by atoms with Crippen molar-refractivity contribution < 1.29 is 13.2 Å². The molecule has 0 saturated carbocycles. The molecular weight excluding hydrogens is 169 g/mol. The van der Waals surface area contributed by atoms with Crippen LogP contribution in [0.2, 0.25) is 0 Å². The van der Waals surface area contributed by atoms with Gasteiger partial charge in [-0.15, -0.1) is 0 Å². The molecule has 1 aliphatic heterocycles. The molecule has 5 heteroatoms. The standard InChI is InChI=1S/C7H11F3N2/c8-7(9,10)5-2-1-3-6(11)12-4-5/h5H,1-4H2,(H2,11,12). The van der Waals surface area contributed by atoms with Gasteiger partial charge in [0, 0.05) is 6.42 Å². The molecule has 0 amide bonds. The minimum Gasteiger partial charge on any atom is -0.387 e. The van der Waals surface area contributed by atoms with Crippen LogP contribution in [-0.4, -0.2) is 18.6 Å². The summed E-state index contributed by atoms with van der Waals surface area (Å²) in [4.78, 5) is 3.65. The van der Waals surface area contributed by atoms with Gasteiger partial charge in [0.05, 0.1) is 18.3 Å². The molecule has 0 radical (unpaired) electrons. The number of hydrogen-bond acceptors (Lipinski definition) is 2. The second kappa shape index (κ2) is 3.33. The maximum Gasteiger partial charge on any atom is 0.393 e. The molecule has 1 rings (SSSR count). The molecule has 1 unspecified atom stereocenters. The summed E-state index contributed by atoms with van der Waals surface area (Å²) in [5, 5.41) is 0. The fourth-order valence-corrected chi connectivity index (χ4v) is 1.19. The van der Waals surface area contributed by atoms with E-state index in [9.17, 15) is 13.2 Å². The van der Waals surface area contributed by atoms with E-state index in [4.69, 9.17) is 5.73 Å². The van der Waals surface area contributed by atoms with Crippen molar-refractivity contribution in [3.63, 3.8) is 0 Å². The van der Waals surface area contributed by atoms with Crippen molar-refractivity contribution in [3.05, 3.63) is 0 Å². The molecule has 12 heavy (non-hydrogen) atoms. The zero-order chi connectivity index (χ0) is 9.19. The van der Waals surface area contributed by atoms with E-state index in [1.54, 1.807) is 0 Å². The van der Waals surface area contributed by atoms with Crippen molar-refractivity contribution in [1.82, 2.24) is 0 Å². The smallest absolute Gasteiger partial charge is 0.387 e. The quantitative estimate of drug-likeness (QED) is 0.605. The maximum atomic E-state index is 12.1. The molecule has 1 heterocycles. The molecule has 0 aromatic heterocycles. The Hall–Kier alpha value is -0.740. The molecule has 1 atom stereocenters. The lowest BCUT2D eigenvalue weighted by atomic mass is 10.0. The number of rotatable bonds is 0. The normalized spacial score (nSPS) is 26.2. The molecular formula is C7H11F3N2. The van der Waals surface area contributed by atoms with Crippen LogP contribution < -0.4 is 5.73 Å². The number of nitrogens with two attached hydrogens (primary N) is 1. The zero-order valence-corrected chi connectivity index (χ0v) is 6.56. The van der Waals surface area contributed by atoms with Gasteiger partial charge in [-0.05, 0) is 12.8 Å². The van der Waals surface area contributed by atoms with Crippen LogP contribution in [0, 0.1) is 5.92 Å². The molecule has 2 nitrogen and oxygen atoms in total. The van der Waals surface area contributed by atoms with Gasteiger partial charge in [-0.3, -0.25) is 4.99 Å². The van der Waals surface area contributed by atoms with E-state index in [2.05, 4.69) is 4.99 Å². The summed E-state index contributed by atoms with van der Waals surface area (Å²) in [7, 11) is 0. The Morgan fingerprint density at radius 3 is 2.67 bits per heavy atom. The minimum absolute atomic E-state index is 0.147. The van der Waals surface area contributed by atoms with Gasteiger partial charge in [-0.25, -0.2) is 0 Å². The molecule has 70 valence electrons.